The van der Waals surface area contributed by atoms with E-state index in [1.165, 1.54) is 0 Å². The quantitative estimate of drug-likeness (QED) is 0.158. The highest BCUT2D eigenvalue weighted by Gasteiger charge is 2.19. The highest BCUT2D eigenvalue weighted by atomic mass is 16.3. The van der Waals surface area contributed by atoms with Crippen LogP contribution < -0.4 is 0 Å². The molecule has 67 heavy (non-hydrogen) atoms. The number of hydrogen-bond acceptors (Lipinski definition) is 7. The van der Waals surface area contributed by atoms with E-state index in [4.69, 9.17) is 34.3 Å². The summed E-state index contributed by atoms with van der Waals surface area (Å²) in [4.78, 5) is 29.3. The number of oxazole rings is 1. The molecule has 0 saturated carbocycles. The average Bonchev–Trinajstić information content (AvgIpc) is 3.85. The van der Waals surface area contributed by atoms with Crippen LogP contribution in [0.1, 0.15) is 0 Å². The van der Waals surface area contributed by atoms with Crippen LogP contribution in [0.5, 0.6) is 0 Å². The predicted molar refractivity (Wildman–Crippen MR) is 271 cm³/mol. The summed E-state index contributed by atoms with van der Waals surface area (Å²) in [6.07, 6.45) is 15.5. The minimum Gasteiger partial charge on any atom is -0.435 e. The maximum Gasteiger partial charge on any atom is 0.246 e. The van der Waals surface area contributed by atoms with Crippen LogP contribution in [0.4, 0.5) is 0 Å². The van der Waals surface area contributed by atoms with Crippen molar-refractivity contribution in [3.05, 3.63) is 219 Å². The van der Waals surface area contributed by atoms with Crippen LogP contribution in [0.2, 0.25) is 0 Å². The first-order valence-electron chi connectivity index (χ1n) is 22.2. The minimum absolute atomic E-state index is 0.435. The molecule has 0 aliphatic carbocycles. The number of hydrogen-bond donors (Lipinski definition) is 0. The van der Waals surface area contributed by atoms with Gasteiger partial charge in [-0.05, 0) is 116 Å². The van der Waals surface area contributed by atoms with E-state index in [-0.39, 0.29) is 0 Å². The van der Waals surface area contributed by atoms with E-state index in [1.807, 2.05) is 73.8 Å². The van der Waals surface area contributed by atoms with Crippen molar-refractivity contribution in [3.8, 4) is 78.5 Å². The molecule has 13 rings (SSSR count). The van der Waals surface area contributed by atoms with E-state index in [0.29, 0.717) is 17.2 Å². The van der Waals surface area contributed by atoms with Gasteiger partial charge in [0.05, 0.1) is 5.69 Å². The van der Waals surface area contributed by atoms with Gasteiger partial charge in [-0.3, -0.25) is 19.9 Å². The highest BCUT2D eigenvalue weighted by Crippen LogP contribution is 2.42. The Labute approximate surface area is 384 Å². The fourth-order valence-corrected chi connectivity index (χ4v) is 9.51. The summed E-state index contributed by atoms with van der Waals surface area (Å²) in [6, 6.07) is 59.2. The van der Waals surface area contributed by atoms with Crippen LogP contribution in [-0.4, -0.2) is 29.9 Å². The van der Waals surface area contributed by atoms with Gasteiger partial charge < -0.3 is 4.42 Å². The van der Waals surface area contributed by atoms with Gasteiger partial charge in [0.2, 0.25) is 5.89 Å². The fraction of sp³-hybridized carbons (Fsp3) is 0. The van der Waals surface area contributed by atoms with E-state index in [1.54, 1.807) is 0 Å². The van der Waals surface area contributed by atoms with Crippen molar-refractivity contribution in [1.82, 2.24) is 29.9 Å². The Morgan fingerprint density at radius 3 is 1.09 bits per heavy atom. The molecule has 0 saturated heterocycles. The van der Waals surface area contributed by atoms with Crippen molar-refractivity contribution in [2.45, 2.75) is 0 Å². The van der Waals surface area contributed by atoms with Gasteiger partial charge in [-0.25, -0.2) is 9.97 Å². The van der Waals surface area contributed by atoms with Gasteiger partial charge in [0.15, 0.2) is 5.58 Å². The molecule has 13 aromatic rings. The van der Waals surface area contributed by atoms with E-state index in [0.717, 1.165) is 115 Å². The molecule has 7 aromatic carbocycles. The van der Waals surface area contributed by atoms with Crippen molar-refractivity contribution < 1.29 is 4.42 Å². The zero-order valence-corrected chi connectivity index (χ0v) is 35.9. The summed E-state index contributed by atoms with van der Waals surface area (Å²) in [5, 5.41) is 8.74. The van der Waals surface area contributed by atoms with Crippen molar-refractivity contribution >= 4 is 54.2 Å². The number of aromatic nitrogens is 6. The normalized spacial score (nSPS) is 11.6. The van der Waals surface area contributed by atoms with Crippen molar-refractivity contribution in [2.24, 2.45) is 0 Å². The Morgan fingerprint density at radius 1 is 0.284 bits per heavy atom. The Kier molecular flexibility index (Phi) is 9.03. The fourth-order valence-electron chi connectivity index (χ4n) is 9.51. The smallest absolute Gasteiger partial charge is 0.246 e. The Balaban J connectivity index is 1.09. The molecule has 0 amide bonds. The maximum atomic E-state index is 6.49. The number of nitrogens with zero attached hydrogens (tertiary/aromatic N) is 6. The van der Waals surface area contributed by atoms with Crippen LogP contribution in [0, 0.1) is 0 Å². The summed E-state index contributed by atoms with van der Waals surface area (Å²) in [6.45, 7) is 0. The zero-order valence-electron chi connectivity index (χ0n) is 35.9. The third kappa shape index (κ3) is 6.85. The molecule has 0 aliphatic heterocycles. The number of pyridine rings is 5. The number of fused-ring (bicyclic) bond motifs is 5. The Hall–Kier alpha value is -9.20. The van der Waals surface area contributed by atoms with E-state index >= 15 is 0 Å². The molecule has 6 heterocycles. The largest absolute Gasteiger partial charge is 0.435 e. The molecule has 312 valence electrons. The summed E-state index contributed by atoms with van der Waals surface area (Å²) in [5.41, 5.74) is 13.9. The Morgan fingerprint density at radius 2 is 0.642 bits per heavy atom. The van der Waals surface area contributed by atoms with E-state index in [2.05, 4.69) is 146 Å². The molecule has 7 nitrogen and oxygen atoms in total. The third-order valence-electron chi connectivity index (χ3n) is 12.8. The van der Waals surface area contributed by atoms with Gasteiger partial charge in [-0.1, -0.05) is 109 Å². The molecule has 6 aromatic heterocycles. The summed E-state index contributed by atoms with van der Waals surface area (Å²) in [7, 11) is 0. The van der Waals surface area contributed by atoms with Gasteiger partial charge in [0.25, 0.3) is 0 Å². The summed E-state index contributed by atoms with van der Waals surface area (Å²) >= 11 is 0. The molecule has 0 spiro atoms. The van der Waals surface area contributed by atoms with Crippen molar-refractivity contribution in [2.75, 3.05) is 0 Å². The summed E-state index contributed by atoms with van der Waals surface area (Å²) in [5.74, 6) is 0.435. The lowest BCUT2D eigenvalue weighted by atomic mass is 9.90. The molecule has 0 radical (unpaired) electrons. The average molecular weight is 857 g/mol. The molecular formula is C60H36N6O. The Bertz CT molecular complexity index is 3610. The summed E-state index contributed by atoms with van der Waals surface area (Å²) < 4.78 is 6.49. The lowest BCUT2D eigenvalue weighted by Gasteiger charge is -2.16. The van der Waals surface area contributed by atoms with Crippen LogP contribution in [0.15, 0.2) is 224 Å². The third-order valence-corrected chi connectivity index (χ3v) is 12.8. The van der Waals surface area contributed by atoms with Gasteiger partial charge in [0, 0.05) is 98.9 Å². The SMILES string of the molecule is c1ccc2c(-c3cc(-c4cc(-c5cc(-c6cncc7ccccc67)cc(-c6cncc7ccccc67)c5)nc(-c5nc6ccccc6o5)c4)cc(-c4cncc5ccccc45)c3)cncc2c1. The molecule has 0 aliphatic rings. The van der Waals surface area contributed by atoms with Gasteiger partial charge >= 0.3 is 0 Å². The molecule has 0 atom stereocenters. The van der Waals surface area contributed by atoms with Gasteiger partial charge in [-0.15, -0.1) is 0 Å². The van der Waals surface area contributed by atoms with Crippen LogP contribution in [0.3, 0.4) is 0 Å². The second-order valence-corrected chi connectivity index (χ2v) is 16.8. The van der Waals surface area contributed by atoms with Crippen LogP contribution in [-0.2, 0) is 0 Å². The predicted octanol–water partition coefficient (Wildman–Crippen LogP) is 15.1. The number of rotatable bonds is 7. The first-order chi connectivity index (χ1) is 33.2. The number of para-hydroxylation sites is 2. The second kappa shape index (κ2) is 15.8. The first-order valence-corrected chi connectivity index (χ1v) is 22.2. The second-order valence-electron chi connectivity index (χ2n) is 16.8. The monoisotopic (exact) mass is 856 g/mol. The van der Waals surface area contributed by atoms with Crippen LogP contribution in [0.25, 0.3) is 133 Å². The van der Waals surface area contributed by atoms with Crippen molar-refractivity contribution in [3.63, 3.8) is 0 Å². The van der Waals surface area contributed by atoms with Crippen molar-refractivity contribution in [1.29, 1.82) is 0 Å². The highest BCUT2D eigenvalue weighted by molar-refractivity contribution is 6.03. The lowest BCUT2D eigenvalue weighted by molar-refractivity contribution is 0.617. The topological polar surface area (TPSA) is 90.5 Å². The van der Waals surface area contributed by atoms with E-state index in [9.17, 15) is 0 Å². The molecule has 0 fully saturated rings. The minimum atomic E-state index is 0.435. The van der Waals surface area contributed by atoms with Gasteiger partial charge in [0.1, 0.15) is 11.2 Å². The van der Waals surface area contributed by atoms with Crippen LogP contribution >= 0.6 is 0 Å². The molecule has 7 heteroatoms. The van der Waals surface area contributed by atoms with Gasteiger partial charge in [-0.2, -0.15) is 0 Å². The zero-order chi connectivity index (χ0) is 44.3. The molecule has 0 bridgehead atoms. The standard InChI is InChI=1S/C60H36N6O/c1-5-15-48-37(11-1)29-61-33-52(48)43-21-41(22-44(23-43)53-34-62-30-38-12-2-6-16-49(38)53)42-27-57(65-58(28-42)60-66-56-19-9-10-20-59(56)67-60)47-25-45(54-35-63-31-39-13-3-7-17-50(39)54)24-46(26-47)55-36-64-32-40-14-4-8-18-51(40)55/h1-36H. The molecular weight excluding hydrogens is 821 g/mol. The first kappa shape index (κ1) is 38.3. The number of benzene rings is 7. The lowest BCUT2D eigenvalue weighted by Crippen LogP contribution is -1.95. The molecule has 0 unspecified atom stereocenters. The van der Waals surface area contributed by atoms with E-state index < -0.39 is 0 Å². The molecule has 0 N–H and O–H groups in total. The maximum absolute atomic E-state index is 6.49.